The van der Waals surface area contributed by atoms with Gasteiger partial charge in [-0.2, -0.15) is 0 Å². The number of aryl methyl sites for hydroxylation is 1. The minimum Gasteiger partial charge on any atom is -0.445 e. The van der Waals surface area contributed by atoms with Gasteiger partial charge in [0.05, 0.1) is 39.5 Å². The number of likely N-dealkylation sites (tertiary alicyclic amines) is 1. The molecule has 1 saturated heterocycles. The quantitative estimate of drug-likeness (QED) is 0.428. The van der Waals surface area contributed by atoms with Gasteiger partial charge in [0, 0.05) is 25.7 Å². The van der Waals surface area contributed by atoms with E-state index >= 15 is 0 Å². The van der Waals surface area contributed by atoms with Crippen molar-refractivity contribution < 1.29 is 9.21 Å². The number of nitrogens with zero attached hydrogens (tertiary/aromatic N) is 4. The van der Waals surface area contributed by atoms with E-state index in [0.717, 1.165) is 48.0 Å². The van der Waals surface area contributed by atoms with E-state index < -0.39 is 0 Å². The van der Waals surface area contributed by atoms with Gasteiger partial charge >= 0.3 is 0 Å². The number of thiazole rings is 1. The van der Waals surface area contributed by atoms with Crippen LogP contribution in [0.5, 0.6) is 0 Å². The van der Waals surface area contributed by atoms with Crippen molar-refractivity contribution in [1.29, 1.82) is 0 Å². The largest absolute Gasteiger partial charge is 0.445 e. The Kier molecular flexibility index (Phi) is 5.81. The zero-order valence-electron chi connectivity index (χ0n) is 17.9. The Labute approximate surface area is 191 Å². The Balaban J connectivity index is 1.33. The fourth-order valence-corrected chi connectivity index (χ4v) is 5.03. The summed E-state index contributed by atoms with van der Waals surface area (Å²) in [6, 6.07) is 13.9. The molecule has 0 spiro atoms. The summed E-state index contributed by atoms with van der Waals surface area (Å²) < 4.78 is 6.09. The molecule has 1 aromatic carbocycles. The number of benzene rings is 1. The maximum absolute atomic E-state index is 13.5. The van der Waals surface area contributed by atoms with Crippen molar-refractivity contribution in [3.63, 3.8) is 0 Å². The number of oxazole rings is 1. The lowest BCUT2D eigenvalue weighted by molar-refractivity contribution is 0.0698. The molecule has 0 saturated carbocycles. The van der Waals surface area contributed by atoms with Crippen LogP contribution in [0, 0.1) is 6.92 Å². The number of carbonyl (C=O) groups is 1. The molecule has 1 fully saturated rings. The molecule has 0 unspecified atom stereocenters. The summed E-state index contributed by atoms with van der Waals surface area (Å²) in [5.74, 6) is 1.67. The molecular weight excluding hydrogens is 420 g/mol. The maximum atomic E-state index is 13.5. The van der Waals surface area contributed by atoms with Crippen LogP contribution in [0.4, 0.5) is 0 Å². The van der Waals surface area contributed by atoms with Gasteiger partial charge in [-0.3, -0.25) is 9.78 Å². The van der Waals surface area contributed by atoms with E-state index in [0.29, 0.717) is 17.8 Å². The molecule has 0 N–H and O–H groups in total. The van der Waals surface area contributed by atoms with Crippen molar-refractivity contribution in [2.24, 2.45) is 0 Å². The number of hydrogen-bond donors (Lipinski definition) is 0. The van der Waals surface area contributed by atoms with Crippen molar-refractivity contribution in [1.82, 2.24) is 19.9 Å². The minimum absolute atomic E-state index is 0.00154. The van der Waals surface area contributed by atoms with Crippen molar-refractivity contribution in [2.75, 3.05) is 13.1 Å². The van der Waals surface area contributed by atoms with E-state index in [2.05, 4.69) is 27.1 Å². The topological polar surface area (TPSA) is 72.1 Å². The van der Waals surface area contributed by atoms with Crippen molar-refractivity contribution in [2.45, 2.75) is 32.1 Å². The monoisotopic (exact) mass is 444 g/mol. The minimum atomic E-state index is 0.00154. The highest BCUT2D eigenvalue weighted by atomic mass is 32.1. The molecule has 1 aliphatic rings. The standard InChI is InChI=1S/C25H24N4O2S/c1-17-23(32-16-28-17)22-21(10-5-11-26-22)25(30)29-12-6-9-19(15-29)24-27-14-20(31-24)13-18-7-3-2-4-8-18/h2-5,7-8,10-11,14,16,19H,6,9,12-13,15H2,1H3/t19-/m0/s1. The Morgan fingerprint density at radius 2 is 2.03 bits per heavy atom. The molecule has 1 amide bonds. The van der Waals surface area contributed by atoms with Crippen LogP contribution in [0.15, 0.2) is 64.8 Å². The lowest BCUT2D eigenvalue weighted by atomic mass is 9.97. The second-order valence-corrected chi connectivity index (χ2v) is 8.94. The van der Waals surface area contributed by atoms with Crippen molar-refractivity contribution >= 4 is 17.2 Å². The Morgan fingerprint density at radius 3 is 2.84 bits per heavy atom. The molecule has 4 aromatic rings. The zero-order chi connectivity index (χ0) is 21.9. The molecule has 6 nitrogen and oxygen atoms in total. The van der Waals surface area contributed by atoms with Crippen LogP contribution in [0.25, 0.3) is 10.6 Å². The van der Waals surface area contributed by atoms with Crippen molar-refractivity contribution in [3.8, 4) is 10.6 Å². The lowest BCUT2D eigenvalue weighted by Gasteiger charge is -2.31. The molecule has 1 atom stereocenters. The van der Waals surface area contributed by atoms with Gasteiger partial charge in [-0.05, 0) is 37.5 Å². The van der Waals surface area contributed by atoms with Crippen LogP contribution in [0.2, 0.25) is 0 Å². The number of hydrogen-bond acceptors (Lipinski definition) is 6. The number of aromatic nitrogens is 3. The van der Waals surface area contributed by atoms with E-state index in [1.165, 1.54) is 16.9 Å². The third-order valence-electron chi connectivity index (χ3n) is 5.85. The predicted molar refractivity (Wildman–Crippen MR) is 124 cm³/mol. The fraction of sp³-hybridized carbons (Fsp3) is 0.280. The van der Waals surface area contributed by atoms with Gasteiger partial charge in [0.2, 0.25) is 0 Å². The molecule has 0 bridgehead atoms. The maximum Gasteiger partial charge on any atom is 0.256 e. The van der Waals surface area contributed by atoms with Gasteiger partial charge in [-0.25, -0.2) is 9.97 Å². The van der Waals surface area contributed by atoms with E-state index in [9.17, 15) is 4.79 Å². The summed E-state index contributed by atoms with van der Waals surface area (Å²) in [6.45, 7) is 3.27. The third kappa shape index (κ3) is 4.21. The Bertz CT molecular complexity index is 1220. The van der Waals surface area contributed by atoms with Crippen LogP contribution >= 0.6 is 11.3 Å². The van der Waals surface area contributed by atoms with Gasteiger partial charge in [-0.15, -0.1) is 11.3 Å². The molecule has 0 radical (unpaired) electrons. The van der Waals surface area contributed by atoms with E-state index in [-0.39, 0.29) is 11.8 Å². The molecule has 32 heavy (non-hydrogen) atoms. The molecule has 4 heterocycles. The summed E-state index contributed by atoms with van der Waals surface area (Å²) in [6.07, 6.45) is 6.14. The molecule has 7 heteroatoms. The van der Waals surface area contributed by atoms with Crippen LogP contribution in [0.3, 0.4) is 0 Å². The lowest BCUT2D eigenvalue weighted by Crippen LogP contribution is -2.39. The number of pyridine rings is 1. The first-order chi connectivity index (χ1) is 15.7. The van der Waals surface area contributed by atoms with Gasteiger partial charge in [0.25, 0.3) is 5.91 Å². The highest BCUT2D eigenvalue weighted by Gasteiger charge is 2.30. The summed E-state index contributed by atoms with van der Waals surface area (Å²) in [7, 11) is 0. The molecule has 1 aliphatic heterocycles. The van der Waals surface area contributed by atoms with Gasteiger partial charge in [0.15, 0.2) is 5.89 Å². The average molecular weight is 445 g/mol. The van der Waals surface area contributed by atoms with Crippen LogP contribution < -0.4 is 0 Å². The smallest absolute Gasteiger partial charge is 0.256 e. The summed E-state index contributed by atoms with van der Waals surface area (Å²) in [4.78, 5) is 29.7. The zero-order valence-corrected chi connectivity index (χ0v) is 18.7. The molecular formula is C25H24N4O2S. The fourth-order valence-electron chi connectivity index (χ4n) is 4.21. The van der Waals surface area contributed by atoms with Crippen LogP contribution in [-0.4, -0.2) is 38.8 Å². The van der Waals surface area contributed by atoms with Crippen LogP contribution in [-0.2, 0) is 6.42 Å². The molecule has 0 aliphatic carbocycles. The van der Waals surface area contributed by atoms with E-state index in [1.807, 2.05) is 48.4 Å². The van der Waals surface area contributed by atoms with E-state index in [4.69, 9.17) is 4.42 Å². The Morgan fingerprint density at radius 1 is 1.16 bits per heavy atom. The molecule has 162 valence electrons. The summed E-state index contributed by atoms with van der Waals surface area (Å²) in [5, 5.41) is 0. The van der Waals surface area contributed by atoms with Gasteiger partial charge in [0.1, 0.15) is 5.76 Å². The van der Waals surface area contributed by atoms with Crippen LogP contribution in [0.1, 0.15) is 52.0 Å². The highest BCUT2D eigenvalue weighted by molar-refractivity contribution is 7.13. The second-order valence-electron chi connectivity index (χ2n) is 8.08. The first-order valence-corrected chi connectivity index (χ1v) is 11.7. The predicted octanol–water partition coefficient (Wildman–Crippen LogP) is 5.11. The van der Waals surface area contributed by atoms with Gasteiger partial charge < -0.3 is 9.32 Å². The van der Waals surface area contributed by atoms with Gasteiger partial charge in [-0.1, -0.05) is 30.3 Å². The Hall–Kier alpha value is -3.32. The van der Waals surface area contributed by atoms with Crippen molar-refractivity contribution in [3.05, 3.63) is 88.8 Å². The number of amides is 1. The number of carbonyl (C=O) groups excluding carboxylic acids is 1. The second kappa shape index (κ2) is 9.04. The first-order valence-electron chi connectivity index (χ1n) is 10.8. The molecule has 3 aromatic heterocycles. The number of piperidine rings is 1. The SMILES string of the molecule is Cc1ncsc1-c1ncccc1C(=O)N1CCC[C@H](c2ncc(Cc3ccccc3)o2)C1. The number of rotatable bonds is 5. The van der Waals surface area contributed by atoms with E-state index in [1.54, 1.807) is 11.7 Å². The third-order valence-corrected chi connectivity index (χ3v) is 6.78. The normalized spacial score (nSPS) is 16.3. The summed E-state index contributed by atoms with van der Waals surface area (Å²) in [5.41, 5.74) is 5.21. The highest BCUT2D eigenvalue weighted by Crippen LogP contribution is 2.32. The average Bonchev–Trinajstić information content (AvgIpc) is 3.48. The molecule has 5 rings (SSSR count). The first kappa shape index (κ1) is 20.6. The summed E-state index contributed by atoms with van der Waals surface area (Å²) >= 11 is 1.51.